The van der Waals surface area contributed by atoms with Crippen LogP contribution in [0.2, 0.25) is 0 Å². The summed E-state index contributed by atoms with van der Waals surface area (Å²) in [5, 5.41) is 17.0. The van der Waals surface area contributed by atoms with Crippen LogP contribution >= 0.6 is 11.8 Å². The molecule has 0 heterocycles. The van der Waals surface area contributed by atoms with Crippen molar-refractivity contribution in [1.29, 1.82) is 0 Å². The smallest absolute Gasteiger partial charge is 0.326 e. The number of hydrogen-bond acceptors (Lipinski definition) is 8. The minimum absolute atomic E-state index is 0.0276. The lowest BCUT2D eigenvalue weighted by molar-refractivity contribution is -0.143. The number of carbonyl (C=O) groups excluding carboxylic acids is 4. The number of thioether (sulfide) groups is 1. The van der Waals surface area contributed by atoms with Crippen LogP contribution in [0, 0.1) is 5.92 Å². The maximum absolute atomic E-state index is 13.1. The van der Waals surface area contributed by atoms with Gasteiger partial charge < -0.3 is 44.0 Å². The van der Waals surface area contributed by atoms with Crippen molar-refractivity contribution < 1.29 is 29.1 Å². The van der Waals surface area contributed by atoms with E-state index in [4.69, 9.17) is 22.9 Å². The molecule has 0 rings (SSSR count). The summed E-state index contributed by atoms with van der Waals surface area (Å²) in [6.45, 7) is 3.80. The standard InChI is InChI=1S/C22H42N8O6S/c1-12(2)11-16(21(35)36)30-20(34)15(6-7-17(24)31)29-19(33)14(5-4-9-27-22(25)26)28-18(32)13(23)8-10-37-3/h12-16H,4-11,23H2,1-3H3,(H2,24,31)(H,28,32)(H,29,33)(H,30,34)(H,35,36)(H4,25,26,27). The van der Waals surface area contributed by atoms with Gasteiger partial charge in [0.15, 0.2) is 5.96 Å². The third kappa shape index (κ3) is 15.6. The van der Waals surface area contributed by atoms with Gasteiger partial charge >= 0.3 is 5.97 Å². The Bertz CT molecular complexity index is 806. The summed E-state index contributed by atoms with van der Waals surface area (Å²) in [7, 11) is 0. The van der Waals surface area contributed by atoms with Gasteiger partial charge in [-0.05, 0) is 50.0 Å². The molecule has 0 spiro atoms. The van der Waals surface area contributed by atoms with Crippen LogP contribution in [-0.2, 0) is 24.0 Å². The van der Waals surface area contributed by atoms with Crippen molar-refractivity contribution in [3.63, 3.8) is 0 Å². The van der Waals surface area contributed by atoms with Gasteiger partial charge in [-0.1, -0.05) is 13.8 Å². The van der Waals surface area contributed by atoms with Gasteiger partial charge in [0.2, 0.25) is 23.6 Å². The van der Waals surface area contributed by atoms with Crippen molar-refractivity contribution in [3.8, 4) is 0 Å². The summed E-state index contributed by atoms with van der Waals surface area (Å²) in [4.78, 5) is 65.4. The number of guanidine groups is 1. The molecule has 212 valence electrons. The molecule has 0 saturated heterocycles. The van der Waals surface area contributed by atoms with Gasteiger partial charge in [-0.15, -0.1) is 0 Å². The first kappa shape index (κ1) is 33.9. The zero-order valence-electron chi connectivity index (χ0n) is 21.7. The SMILES string of the molecule is CSCCC(N)C(=O)NC(CCCN=C(N)N)C(=O)NC(CCC(N)=O)C(=O)NC(CC(C)C)C(=O)O. The maximum Gasteiger partial charge on any atom is 0.326 e. The van der Waals surface area contributed by atoms with Crippen molar-refractivity contribution in [2.45, 2.75) is 76.5 Å². The molecule has 0 radical (unpaired) electrons. The fraction of sp³-hybridized carbons (Fsp3) is 0.727. The number of amides is 4. The third-order valence-corrected chi connectivity index (χ3v) is 5.83. The summed E-state index contributed by atoms with van der Waals surface area (Å²) >= 11 is 1.52. The summed E-state index contributed by atoms with van der Waals surface area (Å²) in [5.74, 6) is -3.48. The molecule has 4 amide bonds. The zero-order valence-corrected chi connectivity index (χ0v) is 22.5. The summed E-state index contributed by atoms with van der Waals surface area (Å²) in [5.41, 5.74) is 21.8. The lowest BCUT2D eigenvalue weighted by Gasteiger charge is -2.25. The molecule has 37 heavy (non-hydrogen) atoms. The number of nitrogens with one attached hydrogen (secondary N) is 3. The Balaban J connectivity index is 5.65. The molecule has 12 N–H and O–H groups in total. The first-order valence-electron chi connectivity index (χ1n) is 12.0. The monoisotopic (exact) mass is 546 g/mol. The second-order valence-corrected chi connectivity index (χ2v) is 9.98. The number of hydrogen-bond donors (Lipinski definition) is 8. The fourth-order valence-corrected chi connectivity index (χ4v) is 3.71. The van der Waals surface area contributed by atoms with Crippen molar-refractivity contribution in [2.24, 2.45) is 33.8 Å². The van der Waals surface area contributed by atoms with E-state index in [0.29, 0.717) is 18.6 Å². The van der Waals surface area contributed by atoms with Gasteiger partial charge in [0.05, 0.1) is 6.04 Å². The predicted molar refractivity (Wildman–Crippen MR) is 142 cm³/mol. The van der Waals surface area contributed by atoms with Gasteiger partial charge in [-0.3, -0.25) is 24.2 Å². The second kappa shape index (κ2) is 18.2. The molecular formula is C22H42N8O6S. The Morgan fingerprint density at radius 3 is 1.89 bits per heavy atom. The molecule has 14 nitrogen and oxygen atoms in total. The highest BCUT2D eigenvalue weighted by atomic mass is 32.2. The highest BCUT2D eigenvalue weighted by Gasteiger charge is 2.30. The van der Waals surface area contributed by atoms with Crippen molar-refractivity contribution in [2.75, 3.05) is 18.6 Å². The Morgan fingerprint density at radius 2 is 1.41 bits per heavy atom. The number of primary amides is 1. The van der Waals surface area contributed by atoms with E-state index < -0.39 is 53.8 Å². The van der Waals surface area contributed by atoms with E-state index in [1.54, 1.807) is 13.8 Å². The first-order valence-corrected chi connectivity index (χ1v) is 13.4. The van der Waals surface area contributed by atoms with Crippen LogP contribution in [0.5, 0.6) is 0 Å². The number of aliphatic imine (C=N–C) groups is 1. The number of rotatable bonds is 19. The van der Waals surface area contributed by atoms with Gasteiger partial charge in [0, 0.05) is 13.0 Å². The highest BCUT2D eigenvalue weighted by Crippen LogP contribution is 2.08. The highest BCUT2D eigenvalue weighted by molar-refractivity contribution is 7.98. The van der Waals surface area contributed by atoms with E-state index >= 15 is 0 Å². The quantitative estimate of drug-likeness (QED) is 0.0500. The van der Waals surface area contributed by atoms with Crippen LogP contribution < -0.4 is 38.9 Å². The van der Waals surface area contributed by atoms with Crippen molar-refractivity contribution in [1.82, 2.24) is 16.0 Å². The first-order chi connectivity index (χ1) is 17.3. The van der Waals surface area contributed by atoms with Gasteiger partial charge in [-0.25, -0.2) is 4.79 Å². The Labute approximate surface area is 221 Å². The van der Waals surface area contributed by atoms with E-state index in [9.17, 15) is 29.1 Å². The molecule has 0 aliphatic carbocycles. The predicted octanol–water partition coefficient (Wildman–Crippen LogP) is -2.03. The van der Waals surface area contributed by atoms with E-state index in [1.807, 2.05) is 6.26 Å². The molecule has 0 aliphatic heterocycles. The van der Waals surface area contributed by atoms with Crippen molar-refractivity contribution >= 4 is 47.3 Å². The molecule has 0 aliphatic rings. The van der Waals surface area contributed by atoms with Crippen LogP contribution in [0.3, 0.4) is 0 Å². The normalized spacial score (nSPS) is 14.1. The van der Waals surface area contributed by atoms with E-state index in [0.717, 1.165) is 0 Å². The number of carboxylic acids is 1. The summed E-state index contributed by atoms with van der Waals surface area (Å²) in [6, 6.07) is -4.39. The molecule has 0 aromatic carbocycles. The average molecular weight is 547 g/mol. The van der Waals surface area contributed by atoms with Gasteiger partial charge in [0.25, 0.3) is 0 Å². The largest absolute Gasteiger partial charge is 0.480 e. The number of carboxylic acid groups (broad SMARTS) is 1. The molecule has 0 aromatic rings. The third-order valence-electron chi connectivity index (χ3n) is 5.18. The summed E-state index contributed by atoms with van der Waals surface area (Å²) in [6.07, 6.45) is 2.48. The lowest BCUT2D eigenvalue weighted by Crippen LogP contribution is -2.57. The Morgan fingerprint density at radius 1 is 0.865 bits per heavy atom. The topological polar surface area (TPSA) is 258 Å². The fourth-order valence-electron chi connectivity index (χ4n) is 3.22. The van der Waals surface area contributed by atoms with E-state index in [1.165, 1.54) is 11.8 Å². The number of aliphatic carboxylic acids is 1. The minimum atomic E-state index is -1.27. The van der Waals surface area contributed by atoms with E-state index in [-0.39, 0.29) is 44.1 Å². The molecule has 0 saturated carbocycles. The van der Waals surface area contributed by atoms with Crippen LogP contribution in [-0.4, -0.2) is 83.4 Å². The molecule has 4 atom stereocenters. The Kier molecular flexibility index (Phi) is 16.7. The van der Waals surface area contributed by atoms with Gasteiger partial charge in [0.1, 0.15) is 18.1 Å². The molecule has 0 bridgehead atoms. The number of carbonyl (C=O) groups is 5. The molecule has 0 fully saturated rings. The Hall–Kier alpha value is -3.07. The zero-order chi connectivity index (χ0) is 28.5. The molecule has 15 heteroatoms. The van der Waals surface area contributed by atoms with Crippen LogP contribution in [0.1, 0.15) is 52.4 Å². The van der Waals surface area contributed by atoms with Crippen molar-refractivity contribution in [3.05, 3.63) is 0 Å². The summed E-state index contributed by atoms with van der Waals surface area (Å²) < 4.78 is 0. The van der Waals surface area contributed by atoms with Crippen LogP contribution in [0.15, 0.2) is 4.99 Å². The lowest BCUT2D eigenvalue weighted by atomic mass is 10.0. The van der Waals surface area contributed by atoms with Gasteiger partial charge in [-0.2, -0.15) is 11.8 Å². The second-order valence-electron chi connectivity index (χ2n) is 8.99. The van der Waals surface area contributed by atoms with Crippen LogP contribution in [0.4, 0.5) is 0 Å². The number of nitrogens with two attached hydrogens (primary N) is 4. The molecule has 4 unspecified atom stereocenters. The molecule has 0 aromatic heterocycles. The van der Waals surface area contributed by atoms with Crippen LogP contribution in [0.25, 0.3) is 0 Å². The maximum atomic E-state index is 13.1. The van der Waals surface area contributed by atoms with E-state index in [2.05, 4.69) is 20.9 Å². The molecular weight excluding hydrogens is 504 g/mol. The minimum Gasteiger partial charge on any atom is -0.480 e. The average Bonchev–Trinajstić information content (AvgIpc) is 2.80. The number of nitrogens with zero attached hydrogens (tertiary/aromatic N) is 1.